The Morgan fingerprint density at radius 1 is 1.45 bits per heavy atom. The van der Waals surface area contributed by atoms with Crippen molar-refractivity contribution in [3.05, 3.63) is 0 Å². The van der Waals surface area contributed by atoms with E-state index in [0.29, 0.717) is 0 Å². The quantitative estimate of drug-likeness (QED) is 0.440. The molecule has 0 rings (SSSR count). The van der Waals surface area contributed by atoms with Crippen LogP contribution in [-0.2, 0) is 4.43 Å². The molecule has 0 saturated carbocycles. The van der Waals surface area contributed by atoms with Gasteiger partial charge in [0.25, 0.3) is 0 Å². The summed E-state index contributed by atoms with van der Waals surface area (Å²) in [6, 6.07) is 0.0733. The minimum Gasteiger partial charge on any atom is -0.427 e. The van der Waals surface area contributed by atoms with E-state index in [-0.39, 0.29) is 6.02 Å². The van der Waals surface area contributed by atoms with E-state index in [1.807, 2.05) is 0 Å². The van der Waals surface area contributed by atoms with Crippen LogP contribution < -0.4 is 5.32 Å². The molecule has 1 unspecified atom stereocenters. The zero-order valence-corrected chi connectivity index (χ0v) is 9.14. The van der Waals surface area contributed by atoms with Crippen molar-refractivity contribution < 1.29 is 5.80 Å². The molecular formula is C8H21NOSi. The van der Waals surface area contributed by atoms with E-state index in [1.54, 1.807) is 7.11 Å². The fourth-order valence-electron chi connectivity index (χ4n) is 0.832. The van der Waals surface area contributed by atoms with Crippen LogP contribution in [0, 0.1) is 0 Å². The van der Waals surface area contributed by atoms with Crippen LogP contribution in [0.25, 0.3) is 0 Å². The Hall–Kier alpha value is 0.137. The van der Waals surface area contributed by atoms with Crippen LogP contribution in [0.2, 0.25) is 6.02 Å². The van der Waals surface area contributed by atoms with Crippen molar-refractivity contribution in [3.63, 3.8) is 0 Å². The molecule has 0 aliphatic carbocycles. The lowest BCUT2D eigenvalue weighted by Gasteiger charge is -2.01. The summed E-state index contributed by atoms with van der Waals surface area (Å²) in [5.41, 5.74) is 0. The van der Waals surface area contributed by atoms with Crippen molar-refractivity contribution in [1.29, 1.82) is 0 Å². The van der Waals surface area contributed by atoms with E-state index in [2.05, 4.69) is 12.2 Å². The van der Waals surface area contributed by atoms with Gasteiger partial charge < -0.3 is 9.74 Å². The highest BCUT2D eigenvalue weighted by atomic mass is 28.2. The van der Waals surface area contributed by atoms with Gasteiger partial charge in [0.15, 0.2) is 9.76 Å². The highest BCUT2D eigenvalue weighted by Gasteiger charge is 1.88. The summed E-state index contributed by atoms with van der Waals surface area (Å²) >= 11 is 0. The number of rotatable bonds is 8. The summed E-state index contributed by atoms with van der Waals surface area (Å²) in [4.78, 5) is 0. The molecule has 0 aromatic rings. The van der Waals surface area contributed by atoms with E-state index in [0.717, 1.165) is 19.5 Å². The first-order valence-corrected chi connectivity index (χ1v) is 5.82. The topological polar surface area (TPSA) is 21.3 Å². The Labute approximate surface area is 74.1 Å². The lowest BCUT2D eigenvalue weighted by Crippen LogP contribution is -2.16. The van der Waals surface area contributed by atoms with Gasteiger partial charge in [0.05, 0.1) is 0 Å². The SMILES string of the molecule is [3H]C(CCNCCCC)[SiH2]OC. The predicted molar refractivity (Wildman–Crippen MR) is 52.8 cm³/mol. The number of hydrogen-bond donors (Lipinski definition) is 1. The Morgan fingerprint density at radius 2 is 2.18 bits per heavy atom. The molecule has 0 aliphatic heterocycles. The molecule has 0 amide bonds. The van der Waals surface area contributed by atoms with Crippen LogP contribution in [0.1, 0.15) is 27.6 Å². The van der Waals surface area contributed by atoms with Gasteiger partial charge in [0.2, 0.25) is 0 Å². The molecule has 0 fully saturated rings. The molecule has 0 heterocycles. The molecule has 0 radical (unpaired) electrons. The molecule has 3 heteroatoms. The predicted octanol–water partition coefficient (Wildman–Crippen LogP) is 0.915. The first-order chi connectivity index (χ1) is 5.81. The summed E-state index contributed by atoms with van der Waals surface area (Å²) in [7, 11) is 1.14. The van der Waals surface area contributed by atoms with E-state index in [1.165, 1.54) is 12.8 Å². The first kappa shape index (κ1) is 9.23. The smallest absolute Gasteiger partial charge is 0.161 e. The van der Waals surface area contributed by atoms with Crippen LogP contribution in [0.15, 0.2) is 0 Å². The summed E-state index contributed by atoms with van der Waals surface area (Å²) < 4.78 is 12.6. The zero-order chi connectivity index (χ0) is 9.23. The average molecular weight is 177 g/mol. The molecule has 0 aromatic heterocycles. The van der Waals surface area contributed by atoms with Crippen LogP contribution in [0.3, 0.4) is 0 Å². The Kier molecular flexibility index (Phi) is 8.50. The molecule has 11 heavy (non-hydrogen) atoms. The Balaban J connectivity index is 2.97. The van der Waals surface area contributed by atoms with Gasteiger partial charge in [0, 0.05) is 8.48 Å². The Bertz CT molecular complexity index is 95.1. The molecule has 1 N–H and O–H groups in total. The largest absolute Gasteiger partial charge is 0.427 e. The second kappa shape index (κ2) is 10.1. The maximum absolute atomic E-state index is 7.55. The molecular weight excluding hydrogens is 154 g/mol. The standard InChI is InChI=1S/C8H21NOSi/c1-3-4-6-9-7-5-8-11-10-2/h9H,3-8,11H2,1-2H3/i8T. The highest BCUT2D eigenvalue weighted by Crippen LogP contribution is 1.87. The molecule has 0 spiro atoms. The summed E-state index contributed by atoms with van der Waals surface area (Å²) in [5.74, 6) is 0. The third-order valence-corrected chi connectivity index (χ3v) is 2.49. The maximum Gasteiger partial charge on any atom is 0.161 e. The van der Waals surface area contributed by atoms with Crippen LogP contribution in [0.5, 0.6) is 0 Å². The minimum absolute atomic E-state index is 0.0733. The lowest BCUT2D eigenvalue weighted by atomic mass is 10.3. The molecule has 0 bridgehead atoms. The zero-order valence-electron chi connectivity index (χ0n) is 8.73. The van der Waals surface area contributed by atoms with Crippen molar-refractivity contribution in [2.24, 2.45) is 0 Å². The maximum atomic E-state index is 7.55. The van der Waals surface area contributed by atoms with Crippen molar-refractivity contribution in [2.45, 2.75) is 32.2 Å². The second-order valence-electron chi connectivity index (χ2n) is 2.64. The molecule has 1 atom stereocenters. The fourth-order valence-corrected chi connectivity index (χ4v) is 1.44. The van der Waals surface area contributed by atoms with Crippen molar-refractivity contribution in [1.82, 2.24) is 5.32 Å². The van der Waals surface area contributed by atoms with Crippen LogP contribution in [0.4, 0.5) is 0 Å². The third-order valence-electron chi connectivity index (χ3n) is 1.52. The van der Waals surface area contributed by atoms with Gasteiger partial charge in [-0.05, 0) is 32.0 Å². The fraction of sp³-hybridized carbons (Fsp3) is 1.00. The summed E-state index contributed by atoms with van der Waals surface area (Å²) in [6.07, 6.45) is 3.43. The first-order valence-electron chi connectivity index (χ1n) is 5.00. The monoisotopic (exact) mass is 177 g/mol. The second-order valence-corrected chi connectivity index (χ2v) is 4.12. The van der Waals surface area contributed by atoms with E-state index < -0.39 is 9.76 Å². The molecule has 0 saturated heterocycles. The molecule has 2 nitrogen and oxygen atoms in total. The van der Waals surface area contributed by atoms with Gasteiger partial charge in [-0.15, -0.1) is 0 Å². The summed E-state index contributed by atoms with van der Waals surface area (Å²) in [5, 5.41) is 3.32. The van der Waals surface area contributed by atoms with E-state index in [9.17, 15) is 0 Å². The van der Waals surface area contributed by atoms with Gasteiger partial charge in [-0.25, -0.2) is 0 Å². The number of hydrogen-bond acceptors (Lipinski definition) is 2. The molecule has 0 aromatic carbocycles. The van der Waals surface area contributed by atoms with Crippen molar-refractivity contribution in [2.75, 3.05) is 20.2 Å². The van der Waals surface area contributed by atoms with Crippen molar-refractivity contribution in [3.8, 4) is 0 Å². The van der Waals surface area contributed by atoms with Gasteiger partial charge in [-0.2, -0.15) is 0 Å². The molecule has 0 aliphatic rings. The average Bonchev–Trinajstić information content (AvgIpc) is 2.05. The lowest BCUT2D eigenvalue weighted by molar-refractivity contribution is 0.439. The normalized spacial score (nSPS) is 15.6. The van der Waals surface area contributed by atoms with Gasteiger partial charge in [-0.1, -0.05) is 13.3 Å². The van der Waals surface area contributed by atoms with Gasteiger partial charge in [-0.3, -0.25) is 0 Å². The van der Waals surface area contributed by atoms with Crippen LogP contribution in [-0.4, -0.2) is 30.0 Å². The van der Waals surface area contributed by atoms with Gasteiger partial charge >= 0.3 is 0 Å². The number of nitrogens with one attached hydrogen (secondary N) is 1. The van der Waals surface area contributed by atoms with E-state index >= 15 is 0 Å². The highest BCUT2D eigenvalue weighted by molar-refractivity contribution is 6.26. The van der Waals surface area contributed by atoms with Crippen LogP contribution >= 0.6 is 0 Å². The van der Waals surface area contributed by atoms with Gasteiger partial charge in [0.1, 0.15) is 0 Å². The Morgan fingerprint density at radius 3 is 2.82 bits per heavy atom. The van der Waals surface area contributed by atoms with E-state index in [4.69, 9.17) is 5.80 Å². The summed E-state index contributed by atoms with van der Waals surface area (Å²) in [6.45, 7) is 4.26. The van der Waals surface area contributed by atoms with Crippen molar-refractivity contribution >= 4 is 9.76 Å². The third kappa shape index (κ3) is 10.1. The number of unbranched alkanes of at least 4 members (excludes halogenated alkanes) is 1. The molecule has 68 valence electrons. The minimum atomic E-state index is -0.567.